The van der Waals surface area contributed by atoms with E-state index in [1.54, 1.807) is 0 Å². The van der Waals surface area contributed by atoms with Crippen LogP contribution in [0.2, 0.25) is 0 Å². The highest BCUT2D eigenvalue weighted by molar-refractivity contribution is 5.76. The minimum Gasteiger partial charge on any atom is -0.462 e. The molecule has 4 fully saturated rings. The fourth-order valence-corrected chi connectivity index (χ4v) is 5.26. The van der Waals surface area contributed by atoms with Crippen molar-refractivity contribution >= 4 is 5.97 Å². The van der Waals surface area contributed by atoms with E-state index in [4.69, 9.17) is 4.74 Å². The summed E-state index contributed by atoms with van der Waals surface area (Å²) in [7, 11) is 0. The van der Waals surface area contributed by atoms with Crippen molar-refractivity contribution in [3.63, 3.8) is 0 Å². The average molecular weight is 278 g/mol. The van der Waals surface area contributed by atoms with Crippen LogP contribution in [-0.2, 0) is 9.53 Å². The molecule has 4 rings (SSSR count). The Balaban J connectivity index is 1.71. The lowest BCUT2D eigenvalue weighted by molar-refractivity contribution is -0.179. The Morgan fingerprint density at radius 3 is 2.00 bits per heavy atom. The molecule has 0 amide bonds. The lowest BCUT2D eigenvalue weighted by Gasteiger charge is -2.58. The second kappa shape index (κ2) is 4.74. The van der Waals surface area contributed by atoms with Gasteiger partial charge in [-0.15, -0.1) is 0 Å². The first-order chi connectivity index (χ1) is 9.34. The summed E-state index contributed by atoms with van der Waals surface area (Å²) in [4.78, 5) is 12.4. The third kappa shape index (κ3) is 2.29. The molecule has 0 spiro atoms. The number of ether oxygens (including phenoxy) is 1. The molecular formula is C18H30O2. The first kappa shape index (κ1) is 14.4. The van der Waals surface area contributed by atoms with Gasteiger partial charge in [-0.25, -0.2) is 0 Å². The van der Waals surface area contributed by atoms with E-state index in [-0.39, 0.29) is 17.5 Å². The molecule has 1 atom stereocenters. The molecular weight excluding hydrogens is 248 g/mol. The molecule has 0 aromatic carbocycles. The molecule has 4 aliphatic rings. The van der Waals surface area contributed by atoms with Gasteiger partial charge >= 0.3 is 5.97 Å². The van der Waals surface area contributed by atoms with Crippen molar-refractivity contribution in [1.29, 1.82) is 0 Å². The van der Waals surface area contributed by atoms with Crippen LogP contribution in [0.5, 0.6) is 0 Å². The third-order valence-corrected chi connectivity index (χ3v) is 6.67. The first-order valence-corrected chi connectivity index (χ1v) is 8.56. The van der Waals surface area contributed by atoms with E-state index < -0.39 is 0 Å². The van der Waals surface area contributed by atoms with Crippen LogP contribution in [0.4, 0.5) is 0 Å². The van der Waals surface area contributed by atoms with Crippen LogP contribution in [-0.4, -0.2) is 12.1 Å². The second-order valence-corrected chi connectivity index (χ2v) is 8.56. The summed E-state index contributed by atoms with van der Waals surface area (Å²) in [5, 5.41) is 0. The van der Waals surface area contributed by atoms with Crippen molar-refractivity contribution in [2.75, 3.05) is 0 Å². The molecule has 0 heterocycles. The molecule has 4 saturated carbocycles. The molecule has 4 bridgehead atoms. The van der Waals surface area contributed by atoms with Crippen molar-refractivity contribution in [2.45, 2.75) is 78.7 Å². The van der Waals surface area contributed by atoms with E-state index in [2.05, 4.69) is 13.8 Å². The van der Waals surface area contributed by atoms with Crippen molar-refractivity contribution in [2.24, 2.45) is 28.6 Å². The molecule has 0 aromatic heterocycles. The van der Waals surface area contributed by atoms with Crippen LogP contribution in [0.25, 0.3) is 0 Å². The molecule has 0 aliphatic heterocycles. The highest BCUT2D eigenvalue weighted by atomic mass is 16.5. The molecule has 1 unspecified atom stereocenters. The van der Waals surface area contributed by atoms with E-state index in [1.165, 1.54) is 38.5 Å². The standard InChI is InChI=1S/C18H30O2/c1-5-17(3,4)16(19)20-12(2)18-9-13-6-14(10-18)8-15(7-13)11-18/h12-15H,5-11H2,1-4H3. The number of esters is 1. The van der Waals surface area contributed by atoms with Gasteiger partial charge in [-0.05, 0) is 83.5 Å². The molecule has 0 radical (unpaired) electrons. The fourth-order valence-electron chi connectivity index (χ4n) is 5.26. The van der Waals surface area contributed by atoms with E-state index in [0.717, 1.165) is 24.2 Å². The topological polar surface area (TPSA) is 26.3 Å². The normalized spacial score (nSPS) is 40.7. The maximum atomic E-state index is 12.4. The molecule has 2 nitrogen and oxygen atoms in total. The summed E-state index contributed by atoms with van der Waals surface area (Å²) in [5.74, 6) is 2.76. The van der Waals surface area contributed by atoms with Gasteiger partial charge in [0.25, 0.3) is 0 Å². The predicted octanol–water partition coefficient (Wildman–Crippen LogP) is 4.57. The van der Waals surface area contributed by atoms with Gasteiger partial charge in [0.15, 0.2) is 0 Å². The summed E-state index contributed by atoms with van der Waals surface area (Å²) in [6.45, 7) is 8.23. The second-order valence-electron chi connectivity index (χ2n) is 8.56. The number of rotatable bonds is 4. The van der Waals surface area contributed by atoms with Gasteiger partial charge < -0.3 is 4.74 Å². The summed E-state index contributed by atoms with van der Waals surface area (Å²) in [5.41, 5.74) is -0.0230. The zero-order valence-electron chi connectivity index (χ0n) is 13.6. The molecule has 0 aromatic rings. The Hall–Kier alpha value is -0.530. The van der Waals surface area contributed by atoms with Crippen LogP contribution in [0, 0.1) is 28.6 Å². The Labute approximate surface area is 123 Å². The number of carbonyl (C=O) groups excluding carboxylic acids is 1. The maximum absolute atomic E-state index is 12.4. The number of hydrogen-bond donors (Lipinski definition) is 0. The van der Waals surface area contributed by atoms with Gasteiger partial charge in [-0.1, -0.05) is 6.92 Å². The zero-order chi connectivity index (χ0) is 14.5. The Bertz CT molecular complexity index is 361. The van der Waals surface area contributed by atoms with Gasteiger partial charge in [0.1, 0.15) is 6.10 Å². The van der Waals surface area contributed by atoms with Crippen LogP contribution in [0.1, 0.15) is 72.6 Å². The Morgan fingerprint density at radius 1 is 1.15 bits per heavy atom. The summed E-state index contributed by atoms with van der Waals surface area (Å²) >= 11 is 0. The highest BCUT2D eigenvalue weighted by Crippen LogP contribution is 2.61. The van der Waals surface area contributed by atoms with Crippen molar-refractivity contribution in [3.05, 3.63) is 0 Å². The van der Waals surface area contributed by atoms with E-state index in [9.17, 15) is 4.79 Å². The van der Waals surface area contributed by atoms with Crippen LogP contribution < -0.4 is 0 Å². The molecule has 2 heteroatoms. The van der Waals surface area contributed by atoms with Gasteiger partial charge in [0.2, 0.25) is 0 Å². The van der Waals surface area contributed by atoms with E-state index >= 15 is 0 Å². The quantitative estimate of drug-likeness (QED) is 0.704. The molecule has 4 aliphatic carbocycles. The van der Waals surface area contributed by atoms with Crippen LogP contribution >= 0.6 is 0 Å². The maximum Gasteiger partial charge on any atom is 0.311 e. The van der Waals surface area contributed by atoms with Crippen LogP contribution in [0.15, 0.2) is 0 Å². The molecule has 114 valence electrons. The monoisotopic (exact) mass is 278 g/mol. The molecule has 0 N–H and O–H groups in total. The SMILES string of the molecule is CCC(C)(C)C(=O)OC(C)C12CC3CC(CC(C3)C1)C2. The van der Waals surface area contributed by atoms with Crippen LogP contribution in [0.3, 0.4) is 0 Å². The minimum atomic E-state index is -0.337. The van der Waals surface area contributed by atoms with E-state index in [1.807, 2.05) is 13.8 Å². The summed E-state index contributed by atoms with van der Waals surface area (Å²) in [6.07, 6.45) is 9.20. The predicted molar refractivity (Wildman–Crippen MR) is 80.2 cm³/mol. The van der Waals surface area contributed by atoms with Crippen molar-refractivity contribution < 1.29 is 9.53 Å². The van der Waals surface area contributed by atoms with Gasteiger partial charge in [-0.2, -0.15) is 0 Å². The smallest absolute Gasteiger partial charge is 0.311 e. The Morgan fingerprint density at radius 2 is 1.60 bits per heavy atom. The first-order valence-electron chi connectivity index (χ1n) is 8.56. The van der Waals surface area contributed by atoms with Crippen molar-refractivity contribution in [3.8, 4) is 0 Å². The van der Waals surface area contributed by atoms with Gasteiger partial charge in [-0.3, -0.25) is 4.79 Å². The van der Waals surface area contributed by atoms with Crippen molar-refractivity contribution in [1.82, 2.24) is 0 Å². The lowest BCUT2D eigenvalue weighted by atomic mass is 9.48. The molecule has 20 heavy (non-hydrogen) atoms. The Kier molecular flexibility index (Phi) is 3.42. The minimum absolute atomic E-state index is 0.00301. The van der Waals surface area contributed by atoms with E-state index in [0.29, 0.717) is 5.41 Å². The highest BCUT2D eigenvalue weighted by Gasteiger charge is 2.54. The number of hydrogen-bond acceptors (Lipinski definition) is 2. The lowest BCUT2D eigenvalue weighted by Crippen LogP contribution is -2.52. The number of carbonyl (C=O) groups is 1. The fraction of sp³-hybridized carbons (Fsp3) is 0.944. The summed E-state index contributed by atoms with van der Waals surface area (Å²) in [6, 6.07) is 0. The largest absolute Gasteiger partial charge is 0.462 e. The molecule has 0 saturated heterocycles. The summed E-state index contributed by atoms with van der Waals surface area (Å²) < 4.78 is 5.95. The average Bonchev–Trinajstić information content (AvgIpc) is 2.36. The van der Waals surface area contributed by atoms with Gasteiger partial charge in [0, 0.05) is 5.41 Å². The zero-order valence-corrected chi connectivity index (χ0v) is 13.6. The third-order valence-electron chi connectivity index (χ3n) is 6.67. The van der Waals surface area contributed by atoms with Gasteiger partial charge in [0.05, 0.1) is 5.41 Å².